The third kappa shape index (κ3) is 11.2. The third-order valence-corrected chi connectivity index (χ3v) is 6.63. The zero-order chi connectivity index (χ0) is 29.5. The number of amides is 1. The number of aryl methyl sites for hydroxylation is 2. The molecule has 41 heavy (non-hydrogen) atoms. The van der Waals surface area contributed by atoms with Crippen LogP contribution in [-0.2, 0) is 30.3 Å². The van der Waals surface area contributed by atoms with Gasteiger partial charge in [-0.25, -0.2) is 9.59 Å². The molecule has 220 valence electrons. The molecule has 3 rings (SSSR count). The average molecular weight is 565 g/mol. The first-order valence-electron chi connectivity index (χ1n) is 14.1. The number of carboxylic acid groups (broad SMARTS) is 2. The Hall–Kier alpha value is -3.95. The Labute approximate surface area is 240 Å². The van der Waals surface area contributed by atoms with Crippen molar-refractivity contribution in [2.45, 2.75) is 57.7 Å². The number of carbonyl (C=O) groups excluding carboxylic acids is 1. The summed E-state index contributed by atoms with van der Waals surface area (Å²) < 4.78 is 10.7. The summed E-state index contributed by atoms with van der Waals surface area (Å²) in [5.74, 6) is -3.41. The van der Waals surface area contributed by atoms with Gasteiger partial charge in [0.2, 0.25) is 0 Å². The summed E-state index contributed by atoms with van der Waals surface area (Å²) in [5, 5.41) is 27.0. The molecule has 9 nitrogen and oxygen atoms in total. The van der Waals surface area contributed by atoms with Crippen LogP contribution in [0.1, 0.15) is 43.2 Å². The summed E-state index contributed by atoms with van der Waals surface area (Å²) >= 11 is 0. The topological polar surface area (TPSA) is 134 Å². The van der Waals surface area contributed by atoms with E-state index in [4.69, 9.17) is 14.6 Å². The van der Waals surface area contributed by atoms with E-state index >= 15 is 0 Å². The number of rotatable bonds is 19. The fraction of sp³-hybridized carbons (Fsp3) is 0.406. The number of carbonyl (C=O) groups is 3. The van der Waals surface area contributed by atoms with Gasteiger partial charge in [-0.15, -0.1) is 0 Å². The SMILES string of the molecule is Cc1cccc(NCCCCOC(C(=O)NCCCCCc2ccc3ccccc3c2)C(OCC(=O)O)C(=O)O)c1. The average Bonchev–Trinajstić information content (AvgIpc) is 2.95. The molecule has 3 aromatic rings. The summed E-state index contributed by atoms with van der Waals surface area (Å²) in [5.41, 5.74) is 3.42. The number of hydrogen-bond donors (Lipinski definition) is 4. The molecule has 0 aliphatic rings. The van der Waals surface area contributed by atoms with Gasteiger partial charge in [-0.1, -0.05) is 61.0 Å². The van der Waals surface area contributed by atoms with Gasteiger partial charge in [0.25, 0.3) is 5.91 Å². The Kier molecular flexibility index (Phi) is 13.1. The molecule has 0 bridgehead atoms. The van der Waals surface area contributed by atoms with Crippen LogP contribution in [0, 0.1) is 6.92 Å². The predicted octanol–water partition coefficient (Wildman–Crippen LogP) is 4.81. The van der Waals surface area contributed by atoms with E-state index in [1.54, 1.807) is 0 Å². The second-order valence-corrected chi connectivity index (χ2v) is 10.0. The van der Waals surface area contributed by atoms with Crippen LogP contribution in [0.4, 0.5) is 5.69 Å². The maximum atomic E-state index is 12.9. The summed E-state index contributed by atoms with van der Waals surface area (Å²) in [4.78, 5) is 35.7. The number of aliphatic carboxylic acids is 2. The molecule has 0 fully saturated rings. The number of unbranched alkanes of at least 4 members (excludes halogenated alkanes) is 3. The maximum absolute atomic E-state index is 12.9. The van der Waals surface area contributed by atoms with Crippen LogP contribution in [-0.4, -0.2) is 66.6 Å². The molecule has 3 aromatic carbocycles. The summed E-state index contributed by atoms with van der Waals surface area (Å²) in [6.45, 7) is 2.32. The fourth-order valence-corrected chi connectivity index (χ4v) is 4.51. The van der Waals surface area contributed by atoms with Gasteiger partial charge in [-0.05, 0) is 73.1 Å². The maximum Gasteiger partial charge on any atom is 0.336 e. The van der Waals surface area contributed by atoms with E-state index in [9.17, 15) is 19.5 Å². The molecule has 0 heterocycles. The van der Waals surface area contributed by atoms with E-state index < -0.39 is 36.7 Å². The van der Waals surface area contributed by atoms with Crippen molar-refractivity contribution < 1.29 is 34.1 Å². The van der Waals surface area contributed by atoms with Crippen molar-refractivity contribution in [2.24, 2.45) is 0 Å². The predicted molar refractivity (Wildman–Crippen MR) is 158 cm³/mol. The Balaban J connectivity index is 1.43. The van der Waals surface area contributed by atoms with Crippen LogP contribution in [0.25, 0.3) is 10.8 Å². The largest absolute Gasteiger partial charge is 0.480 e. The van der Waals surface area contributed by atoms with E-state index in [1.807, 2.05) is 43.3 Å². The number of hydrogen-bond acceptors (Lipinski definition) is 6. The quantitative estimate of drug-likeness (QED) is 0.153. The first-order chi connectivity index (χ1) is 19.8. The van der Waals surface area contributed by atoms with Crippen LogP contribution in [0.5, 0.6) is 0 Å². The number of carboxylic acids is 2. The lowest BCUT2D eigenvalue weighted by Gasteiger charge is -2.23. The Morgan fingerprint density at radius 1 is 0.780 bits per heavy atom. The molecule has 1 amide bonds. The van der Waals surface area contributed by atoms with Gasteiger partial charge in [-0.2, -0.15) is 0 Å². The lowest BCUT2D eigenvalue weighted by Crippen LogP contribution is -2.49. The van der Waals surface area contributed by atoms with E-state index in [2.05, 4.69) is 41.0 Å². The highest BCUT2D eigenvalue weighted by molar-refractivity contribution is 5.88. The highest BCUT2D eigenvalue weighted by Gasteiger charge is 2.36. The van der Waals surface area contributed by atoms with Crippen LogP contribution >= 0.6 is 0 Å². The molecule has 2 unspecified atom stereocenters. The van der Waals surface area contributed by atoms with Crippen LogP contribution in [0.15, 0.2) is 66.7 Å². The Morgan fingerprint density at radius 3 is 2.32 bits per heavy atom. The second-order valence-electron chi connectivity index (χ2n) is 10.0. The molecular formula is C32H40N2O7. The van der Waals surface area contributed by atoms with Crippen molar-refractivity contribution in [1.82, 2.24) is 5.32 Å². The van der Waals surface area contributed by atoms with Crippen molar-refractivity contribution in [2.75, 3.05) is 31.6 Å². The standard InChI is InChI=1S/C32H40N2O7/c1-23-10-9-14-27(20-23)33-17-7-8-19-40-29(30(32(38)39)41-22-28(35)36)31(37)34-18-6-2-3-11-24-15-16-25-12-4-5-13-26(25)21-24/h4-5,9-10,12-16,20-21,29-30,33H,2-3,6-8,11,17-19,22H2,1H3,(H,34,37)(H,35,36)(H,38,39). The highest BCUT2D eigenvalue weighted by Crippen LogP contribution is 2.17. The number of benzene rings is 3. The summed E-state index contributed by atoms with van der Waals surface area (Å²) in [7, 11) is 0. The molecule has 0 saturated carbocycles. The molecule has 4 N–H and O–H groups in total. The zero-order valence-electron chi connectivity index (χ0n) is 23.5. The molecule has 0 radical (unpaired) electrons. The number of ether oxygens (including phenoxy) is 2. The van der Waals surface area contributed by atoms with Crippen molar-refractivity contribution in [1.29, 1.82) is 0 Å². The minimum atomic E-state index is -1.73. The van der Waals surface area contributed by atoms with Gasteiger partial charge in [0.15, 0.2) is 12.2 Å². The Bertz CT molecular complexity index is 1280. The molecule has 9 heteroatoms. The van der Waals surface area contributed by atoms with Gasteiger partial charge in [0.1, 0.15) is 6.61 Å². The van der Waals surface area contributed by atoms with Gasteiger partial charge in [-0.3, -0.25) is 4.79 Å². The highest BCUT2D eigenvalue weighted by atomic mass is 16.6. The minimum Gasteiger partial charge on any atom is -0.480 e. The number of anilines is 1. The van der Waals surface area contributed by atoms with Crippen molar-refractivity contribution in [3.8, 4) is 0 Å². The van der Waals surface area contributed by atoms with Crippen molar-refractivity contribution in [3.05, 3.63) is 77.9 Å². The third-order valence-electron chi connectivity index (χ3n) is 6.63. The number of nitrogens with one attached hydrogen (secondary N) is 2. The summed E-state index contributed by atoms with van der Waals surface area (Å²) in [6.07, 6.45) is 1.57. The normalized spacial score (nSPS) is 12.5. The Morgan fingerprint density at radius 2 is 1.56 bits per heavy atom. The lowest BCUT2D eigenvalue weighted by molar-refractivity contribution is -0.172. The van der Waals surface area contributed by atoms with E-state index in [0.29, 0.717) is 25.9 Å². The lowest BCUT2D eigenvalue weighted by atomic mass is 10.0. The number of fused-ring (bicyclic) bond motifs is 1. The van der Waals surface area contributed by atoms with Gasteiger partial charge < -0.3 is 30.3 Å². The minimum absolute atomic E-state index is 0.125. The van der Waals surface area contributed by atoms with Gasteiger partial charge in [0, 0.05) is 25.4 Å². The smallest absolute Gasteiger partial charge is 0.336 e. The van der Waals surface area contributed by atoms with E-state index in [0.717, 1.165) is 36.9 Å². The van der Waals surface area contributed by atoms with Crippen molar-refractivity contribution in [3.63, 3.8) is 0 Å². The fourth-order valence-electron chi connectivity index (χ4n) is 4.51. The van der Waals surface area contributed by atoms with E-state index in [-0.39, 0.29) is 6.61 Å². The molecule has 0 spiro atoms. The van der Waals surface area contributed by atoms with Gasteiger partial charge in [0.05, 0.1) is 0 Å². The van der Waals surface area contributed by atoms with Gasteiger partial charge >= 0.3 is 11.9 Å². The molecule has 0 aliphatic carbocycles. The zero-order valence-corrected chi connectivity index (χ0v) is 23.5. The molecule has 0 saturated heterocycles. The molecule has 0 aliphatic heterocycles. The molecule has 2 atom stereocenters. The molecule has 0 aromatic heterocycles. The first kappa shape index (κ1) is 31.6. The van der Waals surface area contributed by atoms with E-state index in [1.165, 1.54) is 16.3 Å². The van der Waals surface area contributed by atoms with Crippen LogP contribution in [0.3, 0.4) is 0 Å². The van der Waals surface area contributed by atoms with Crippen LogP contribution in [0.2, 0.25) is 0 Å². The monoisotopic (exact) mass is 564 g/mol. The summed E-state index contributed by atoms with van der Waals surface area (Å²) in [6, 6.07) is 22.7. The molecular weight excluding hydrogens is 524 g/mol. The van der Waals surface area contributed by atoms with Crippen molar-refractivity contribution >= 4 is 34.3 Å². The second kappa shape index (κ2) is 17.0. The van der Waals surface area contributed by atoms with Crippen LogP contribution < -0.4 is 10.6 Å². The first-order valence-corrected chi connectivity index (χ1v) is 14.1.